The van der Waals surface area contributed by atoms with Gasteiger partial charge in [0.25, 0.3) is 0 Å². The van der Waals surface area contributed by atoms with Crippen LogP contribution in [0.4, 0.5) is 0 Å². The summed E-state index contributed by atoms with van der Waals surface area (Å²) in [5, 5.41) is 8.02. The largest absolute Gasteiger partial charge is 0.317 e. The molecule has 3 heteroatoms. The Labute approximate surface area is 131 Å². The minimum Gasteiger partial charge on any atom is -0.317 e. The second-order valence-corrected chi connectivity index (χ2v) is 6.20. The van der Waals surface area contributed by atoms with E-state index in [1.165, 1.54) is 62.8 Å². The highest BCUT2D eigenvalue weighted by Crippen LogP contribution is 2.13. The molecule has 0 aromatic carbocycles. The van der Waals surface area contributed by atoms with Gasteiger partial charge in [-0.1, -0.05) is 58.8 Å². The second kappa shape index (κ2) is 10.8. The highest BCUT2D eigenvalue weighted by molar-refractivity contribution is 5.11. The van der Waals surface area contributed by atoms with Gasteiger partial charge in [-0.25, -0.2) is 0 Å². The topological polar surface area (TPSA) is 29.9 Å². The van der Waals surface area contributed by atoms with Crippen LogP contribution >= 0.6 is 0 Å². The number of aromatic nitrogens is 2. The van der Waals surface area contributed by atoms with Gasteiger partial charge in [0, 0.05) is 25.2 Å². The number of hydrogen-bond acceptors (Lipinski definition) is 2. The molecular weight excluding hydrogens is 258 g/mol. The predicted molar refractivity (Wildman–Crippen MR) is 91.7 cm³/mol. The fraction of sp³-hybridized carbons (Fsp3) is 0.833. The molecule has 0 bridgehead atoms. The van der Waals surface area contributed by atoms with Gasteiger partial charge in [0.15, 0.2) is 0 Å². The number of unbranched alkanes of at least 4 members (excludes halogenated alkanes) is 6. The molecule has 0 aliphatic heterocycles. The van der Waals surface area contributed by atoms with E-state index in [-0.39, 0.29) is 0 Å². The third kappa shape index (κ3) is 7.12. The molecule has 0 spiro atoms. The van der Waals surface area contributed by atoms with Gasteiger partial charge in [-0.15, -0.1) is 0 Å². The Morgan fingerprint density at radius 1 is 1.10 bits per heavy atom. The summed E-state index contributed by atoms with van der Waals surface area (Å²) in [7, 11) is 4.15. The first-order chi connectivity index (χ1) is 10.2. The van der Waals surface area contributed by atoms with E-state index in [2.05, 4.69) is 44.4 Å². The zero-order chi connectivity index (χ0) is 15.5. The average Bonchev–Trinajstić information content (AvgIpc) is 2.85. The van der Waals surface area contributed by atoms with E-state index >= 15 is 0 Å². The van der Waals surface area contributed by atoms with Crippen molar-refractivity contribution in [1.82, 2.24) is 15.1 Å². The molecule has 1 heterocycles. The SMILES string of the molecule is CCCCCCCCCC(Cc1cc(CC)nn1C)NC. The van der Waals surface area contributed by atoms with Gasteiger partial charge in [0.05, 0.1) is 5.69 Å². The smallest absolute Gasteiger partial charge is 0.0624 e. The first-order valence-electron chi connectivity index (χ1n) is 8.90. The maximum absolute atomic E-state index is 4.54. The van der Waals surface area contributed by atoms with Gasteiger partial charge in [-0.3, -0.25) is 4.68 Å². The molecule has 1 atom stereocenters. The molecule has 0 aliphatic carbocycles. The fourth-order valence-electron chi connectivity index (χ4n) is 2.88. The quantitative estimate of drug-likeness (QED) is 0.584. The summed E-state index contributed by atoms with van der Waals surface area (Å²) in [6.07, 6.45) is 13.1. The van der Waals surface area contributed by atoms with E-state index in [1.807, 2.05) is 4.68 Å². The lowest BCUT2D eigenvalue weighted by molar-refractivity contribution is 0.468. The molecule has 122 valence electrons. The molecule has 21 heavy (non-hydrogen) atoms. The van der Waals surface area contributed by atoms with Crippen LogP contribution in [0.5, 0.6) is 0 Å². The number of hydrogen-bond donors (Lipinski definition) is 1. The van der Waals surface area contributed by atoms with E-state index < -0.39 is 0 Å². The van der Waals surface area contributed by atoms with Crippen molar-refractivity contribution in [2.24, 2.45) is 7.05 Å². The zero-order valence-electron chi connectivity index (χ0n) is 14.6. The van der Waals surface area contributed by atoms with Crippen molar-refractivity contribution in [2.75, 3.05) is 7.05 Å². The van der Waals surface area contributed by atoms with E-state index in [0.29, 0.717) is 6.04 Å². The molecule has 1 aromatic heterocycles. The van der Waals surface area contributed by atoms with Crippen molar-refractivity contribution in [2.45, 2.75) is 84.1 Å². The highest BCUT2D eigenvalue weighted by atomic mass is 15.3. The summed E-state index contributed by atoms with van der Waals surface area (Å²) in [5.74, 6) is 0. The Hall–Kier alpha value is -0.830. The standard InChI is InChI=1S/C18H35N3/c1-5-7-8-9-10-11-12-13-17(19-3)15-18-14-16(6-2)20-21(18)4/h14,17,19H,5-13,15H2,1-4H3. The average molecular weight is 293 g/mol. The van der Waals surface area contributed by atoms with Crippen LogP contribution in [0.1, 0.15) is 76.6 Å². The highest BCUT2D eigenvalue weighted by Gasteiger charge is 2.11. The second-order valence-electron chi connectivity index (χ2n) is 6.20. The van der Waals surface area contributed by atoms with Crippen LogP contribution in [0.25, 0.3) is 0 Å². The number of rotatable bonds is 12. The summed E-state index contributed by atoms with van der Waals surface area (Å²) >= 11 is 0. The maximum Gasteiger partial charge on any atom is 0.0624 e. The molecule has 0 fully saturated rings. The van der Waals surface area contributed by atoms with Crippen LogP contribution in [-0.2, 0) is 19.9 Å². The first-order valence-corrected chi connectivity index (χ1v) is 8.90. The minimum atomic E-state index is 0.584. The van der Waals surface area contributed by atoms with E-state index in [0.717, 1.165) is 12.8 Å². The number of aryl methyl sites for hydroxylation is 2. The molecule has 1 N–H and O–H groups in total. The van der Waals surface area contributed by atoms with Crippen molar-refractivity contribution in [3.63, 3.8) is 0 Å². The molecule has 1 aromatic rings. The van der Waals surface area contributed by atoms with Crippen LogP contribution in [0.2, 0.25) is 0 Å². The monoisotopic (exact) mass is 293 g/mol. The molecular formula is C18H35N3. The summed E-state index contributed by atoms with van der Waals surface area (Å²) in [6, 6.07) is 2.84. The lowest BCUT2D eigenvalue weighted by Crippen LogP contribution is -2.28. The summed E-state index contributed by atoms with van der Waals surface area (Å²) in [4.78, 5) is 0. The van der Waals surface area contributed by atoms with Crippen molar-refractivity contribution in [3.05, 3.63) is 17.5 Å². The van der Waals surface area contributed by atoms with Gasteiger partial charge < -0.3 is 5.32 Å². The van der Waals surface area contributed by atoms with Crippen LogP contribution in [0.3, 0.4) is 0 Å². The fourth-order valence-corrected chi connectivity index (χ4v) is 2.88. The minimum absolute atomic E-state index is 0.584. The zero-order valence-corrected chi connectivity index (χ0v) is 14.6. The van der Waals surface area contributed by atoms with Gasteiger partial charge in [-0.05, 0) is 26.0 Å². The third-order valence-electron chi connectivity index (χ3n) is 4.41. The normalized spacial score (nSPS) is 12.8. The Balaban J connectivity index is 2.23. The van der Waals surface area contributed by atoms with E-state index in [1.54, 1.807) is 0 Å². The molecule has 0 amide bonds. The Morgan fingerprint density at radius 2 is 1.76 bits per heavy atom. The first kappa shape index (κ1) is 18.2. The molecule has 0 aliphatic rings. The number of likely N-dealkylation sites (N-methyl/N-ethyl adjacent to an activating group) is 1. The third-order valence-corrected chi connectivity index (χ3v) is 4.41. The van der Waals surface area contributed by atoms with Crippen molar-refractivity contribution < 1.29 is 0 Å². The Morgan fingerprint density at radius 3 is 2.33 bits per heavy atom. The van der Waals surface area contributed by atoms with Crippen molar-refractivity contribution in [1.29, 1.82) is 0 Å². The van der Waals surface area contributed by atoms with Crippen LogP contribution in [0, 0.1) is 0 Å². The molecule has 0 saturated heterocycles. The Kier molecular flexibility index (Phi) is 9.40. The van der Waals surface area contributed by atoms with Crippen LogP contribution in [0.15, 0.2) is 6.07 Å². The molecule has 3 nitrogen and oxygen atoms in total. The molecule has 1 rings (SSSR count). The number of nitrogens with zero attached hydrogens (tertiary/aromatic N) is 2. The molecule has 0 saturated carbocycles. The van der Waals surface area contributed by atoms with Crippen LogP contribution < -0.4 is 5.32 Å². The number of nitrogens with one attached hydrogen (secondary N) is 1. The summed E-state index contributed by atoms with van der Waals surface area (Å²) < 4.78 is 2.05. The van der Waals surface area contributed by atoms with Crippen LogP contribution in [-0.4, -0.2) is 22.9 Å². The Bertz CT molecular complexity index is 371. The van der Waals surface area contributed by atoms with E-state index in [4.69, 9.17) is 0 Å². The lowest BCUT2D eigenvalue weighted by atomic mass is 10.0. The summed E-state index contributed by atoms with van der Waals surface area (Å²) in [5.41, 5.74) is 2.56. The lowest BCUT2D eigenvalue weighted by Gasteiger charge is -2.16. The van der Waals surface area contributed by atoms with Crippen molar-refractivity contribution in [3.8, 4) is 0 Å². The molecule has 1 unspecified atom stereocenters. The van der Waals surface area contributed by atoms with Gasteiger partial charge in [0.2, 0.25) is 0 Å². The molecule has 0 radical (unpaired) electrons. The van der Waals surface area contributed by atoms with Gasteiger partial charge in [0.1, 0.15) is 0 Å². The maximum atomic E-state index is 4.54. The predicted octanol–water partition coefficient (Wildman–Crippen LogP) is 4.25. The summed E-state index contributed by atoms with van der Waals surface area (Å²) in [6.45, 7) is 4.44. The van der Waals surface area contributed by atoms with Gasteiger partial charge in [-0.2, -0.15) is 5.10 Å². The van der Waals surface area contributed by atoms with E-state index in [9.17, 15) is 0 Å². The van der Waals surface area contributed by atoms with Gasteiger partial charge >= 0.3 is 0 Å². The van der Waals surface area contributed by atoms with Crippen molar-refractivity contribution >= 4 is 0 Å².